The van der Waals surface area contributed by atoms with E-state index in [9.17, 15) is 0 Å². The molecule has 3 nitrogen and oxygen atoms in total. The summed E-state index contributed by atoms with van der Waals surface area (Å²) in [5.41, 5.74) is 4.02. The van der Waals surface area contributed by atoms with Crippen LogP contribution in [0, 0.1) is 6.92 Å². The van der Waals surface area contributed by atoms with Gasteiger partial charge in [0.05, 0.1) is 0 Å². The van der Waals surface area contributed by atoms with Gasteiger partial charge < -0.3 is 15.0 Å². The lowest BCUT2D eigenvalue weighted by Gasteiger charge is -2.20. The van der Waals surface area contributed by atoms with Gasteiger partial charge >= 0.3 is 0 Å². The highest BCUT2D eigenvalue weighted by Crippen LogP contribution is 2.18. The zero-order chi connectivity index (χ0) is 13.4. The van der Waals surface area contributed by atoms with Gasteiger partial charge in [-0.3, -0.25) is 0 Å². The van der Waals surface area contributed by atoms with Gasteiger partial charge in [-0.15, -0.1) is 0 Å². The molecule has 1 aromatic rings. The van der Waals surface area contributed by atoms with Crippen LogP contribution in [0.3, 0.4) is 0 Å². The van der Waals surface area contributed by atoms with Gasteiger partial charge in [-0.25, -0.2) is 0 Å². The molecule has 0 saturated heterocycles. The van der Waals surface area contributed by atoms with Gasteiger partial charge in [0, 0.05) is 39.5 Å². The molecule has 0 aliphatic carbocycles. The number of benzene rings is 1. The molecule has 18 heavy (non-hydrogen) atoms. The molecule has 0 fully saturated rings. The quantitative estimate of drug-likeness (QED) is 0.718. The van der Waals surface area contributed by atoms with Crippen LogP contribution in [-0.2, 0) is 11.3 Å². The maximum absolute atomic E-state index is 5.08. The topological polar surface area (TPSA) is 24.5 Å². The first kappa shape index (κ1) is 15.0. The van der Waals surface area contributed by atoms with E-state index in [1.807, 2.05) is 0 Å². The zero-order valence-corrected chi connectivity index (χ0v) is 12.1. The molecule has 0 heterocycles. The Bertz CT molecular complexity index is 352. The number of ether oxygens (including phenoxy) is 1. The number of nitrogens with zero attached hydrogens (tertiary/aromatic N) is 1. The summed E-state index contributed by atoms with van der Waals surface area (Å²) in [6, 6.07) is 6.69. The van der Waals surface area contributed by atoms with Crippen LogP contribution < -0.4 is 10.2 Å². The van der Waals surface area contributed by atoms with E-state index in [2.05, 4.69) is 49.3 Å². The third-order valence-corrected chi connectivity index (χ3v) is 3.17. The van der Waals surface area contributed by atoms with Crippen molar-refractivity contribution < 1.29 is 4.74 Å². The third kappa shape index (κ3) is 4.67. The molecule has 0 unspecified atom stereocenters. The maximum Gasteiger partial charge on any atom is 0.0479 e. The van der Waals surface area contributed by atoms with Crippen LogP contribution in [0.15, 0.2) is 18.2 Å². The van der Waals surface area contributed by atoms with Crippen LogP contribution in [0.25, 0.3) is 0 Å². The minimum Gasteiger partial charge on any atom is -0.385 e. The van der Waals surface area contributed by atoms with Crippen LogP contribution in [-0.4, -0.2) is 33.9 Å². The van der Waals surface area contributed by atoms with E-state index in [0.29, 0.717) is 0 Å². The summed E-state index contributed by atoms with van der Waals surface area (Å²) >= 11 is 0. The third-order valence-electron chi connectivity index (χ3n) is 3.17. The van der Waals surface area contributed by atoms with Crippen molar-refractivity contribution in [3.05, 3.63) is 29.3 Å². The van der Waals surface area contributed by atoms with Crippen molar-refractivity contribution in [1.29, 1.82) is 0 Å². The van der Waals surface area contributed by atoms with Crippen molar-refractivity contribution in [3.8, 4) is 0 Å². The SMILES string of the molecule is CCNCc1ccc(N(C)CCCOC)cc1C. The molecule has 0 aromatic heterocycles. The fourth-order valence-corrected chi connectivity index (χ4v) is 1.95. The van der Waals surface area contributed by atoms with Crippen molar-refractivity contribution >= 4 is 5.69 Å². The van der Waals surface area contributed by atoms with E-state index in [1.54, 1.807) is 7.11 Å². The normalized spacial score (nSPS) is 10.7. The minimum absolute atomic E-state index is 0.821. The molecule has 0 bridgehead atoms. The van der Waals surface area contributed by atoms with Crippen LogP contribution >= 0.6 is 0 Å². The maximum atomic E-state index is 5.08. The summed E-state index contributed by atoms with van der Waals surface area (Å²) in [6.45, 7) is 8.13. The Balaban J connectivity index is 2.59. The Labute approximate surface area is 111 Å². The Morgan fingerprint density at radius 3 is 2.72 bits per heavy atom. The molecule has 0 aliphatic rings. The fourth-order valence-electron chi connectivity index (χ4n) is 1.95. The number of anilines is 1. The Kier molecular flexibility index (Phi) is 6.76. The first-order valence-corrected chi connectivity index (χ1v) is 6.69. The molecule has 3 heteroatoms. The fraction of sp³-hybridized carbons (Fsp3) is 0.600. The lowest BCUT2D eigenvalue weighted by molar-refractivity contribution is 0.196. The molecular weight excluding hydrogens is 224 g/mol. The second-order valence-electron chi connectivity index (χ2n) is 4.66. The Morgan fingerprint density at radius 1 is 1.33 bits per heavy atom. The predicted molar refractivity (Wildman–Crippen MR) is 78.3 cm³/mol. The van der Waals surface area contributed by atoms with Gasteiger partial charge in [0.25, 0.3) is 0 Å². The molecule has 1 rings (SSSR count). The molecule has 0 saturated carbocycles. The lowest BCUT2D eigenvalue weighted by Crippen LogP contribution is -2.20. The summed E-state index contributed by atoms with van der Waals surface area (Å²) in [5, 5.41) is 3.37. The van der Waals surface area contributed by atoms with Crippen molar-refractivity contribution in [2.24, 2.45) is 0 Å². The van der Waals surface area contributed by atoms with E-state index in [-0.39, 0.29) is 0 Å². The zero-order valence-electron chi connectivity index (χ0n) is 12.1. The monoisotopic (exact) mass is 250 g/mol. The number of hydrogen-bond acceptors (Lipinski definition) is 3. The van der Waals surface area contributed by atoms with Crippen LogP contribution in [0.5, 0.6) is 0 Å². The number of methoxy groups -OCH3 is 1. The van der Waals surface area contributed by atoms with Gasteiger partial charge in [0.1, 0.15) is 0 Å². The van der Waals surface area contributed by atoms with Crippen LogP contribution in [0.4, 0.5) is 5.69 Å². The highest BCUT2D eigenvalue weighted by Gasteiger charge is 2.03. The van der Waals surface area contributed by atoms with Crippen LogP contribution in [0.1, 0.15) is 24.5 Å². The molecule has 1 N–H and O–H groups in total. The summed E-state index contributed by atoms with van der Waals surface area (Å²) in [4.78, 5) is 2.28. The standard InChI is InChI=1S/C15H26N2O/c1-5-16-12-14-7-8-15(11-13(14)2)17(3)9-6-10-18-4/h7-8,11,16H,5-6,9-10,12H2,1-4H3. The molecule has 0 radical (unpaired) electrons. The van der Waals surface area contributed by atoms with Gasteiger partial charge in [-0.2, -0.15) is 0 Å². The predicted octanol–water partition coefficient (Wildman–Crippen LogP) is 2.58. The first-order chi connectivity index (χ1) is 8.69. The van der Waals surface area contributed by atoms with Gasteiger partial charge in [-0.05, 0) is 43.1 Å². The number of hydrogen-bond donors (Lipinski definition) is 1. The largest absolute Gasteiger partial charge is 0.385 e. The van der Waals surface area contributed by atoms with Crippen molar-refractivity contribution in [3.63, 3.8) is 0 Å². The molecule has 0 aliphatic heterocycles. The van der Waals surface area contributed by atoms with E-state index in [1.165, 1.54) is 16.8 Å². The number of nitrogens with one attached hydrogen (secondary N) is 1. The van der Waals surface area contributed by atoms with E-state index < -0.39 is 0 Å². The summed E-state index contributed by atoms with van der Waals surface area (Å²) in [6.07, 6.45) is 1.06. The van der Waals surface area contributed by atoms with E-state index >= 15 is 0 Å². The second-order valence-corrected chi connectivity index (χ2v) is 4.66. The minimum atomic E-state index is 0.821. The Morgan fingerprint density at radius 2 is 2.11 bits per heavy atom. The Hall–Kier alpha value is -1.06. The summed E-state index contributed by atoms with van der Waals surface area (Å²) < 4.78 is 5.08. The molecule has 0 spiro atoms. The van der Waals surface area contributed by atoms with Gasteiger partial charge in [-0.1, -0.05) is 13.0 Å². The van der Waals surface area contributed by atoms with E-state index in [4.69, 9.17) is 4.74 Å². The smallest absolute Gasteiger partial charge is 0.0479 e. The lowest BCUT2D eigenvalue weighted by atomic mass is 10.1. The number of rotatable bonds is 8. The summed E-state index contributed by atoms with van der Waals surface area (Å²) in [7, 11) is 3.88. The van der Waals surface area contributed by atoms with Crippen molar-refractivity contribution in [2.45, 2.75) is 26.8 Å². The number of aryl methyl sites for hydroxylation is 1. The second kappa shape index (κ2) is 8.11. The molecular formula is C15H26N2O. The molecule has 1 aromatic carbocycles. The van der Waals surface area contributed by atoms with Gasteiger partial charge in [0.2, 0.25) is 0 Å². The van der Waals surface area contributed by atoms with Crippen molar-refractivity contribution in [1.82, 2.24) is 5.32 Å². The molecule has 102 valence electrons. The van der Waals surface area contributed by atoms with Crippen LogP contribution in [0.2, 0.25) is 0 Å². The highest BCUT2D eigenvalue weighted by molar-refractivity contribution is 5.50. The average Bonchev–Trinajstić information content (AvgIpc) is 2.37. The van der Waals surface area contributed by atoms with Gasteiger partial charge in [0.15, 0.2) is 0 Å². The first-order valence-electron chi connectivity index (χ1n) is 6.69. The van der Waals surface area contributed by atoms with Crippen molar-refractivity contribution in [2.75, 3.05) is 38.8 Å². The summed E-state index contributed by atoms with van der Waals surface area (Å²) in [5.74, 6) is 0. The highest BCUT2D eigenvalue weighted by atomic mass is 16.5. The average molecular weight is 250 g/mol. The van der Waals surface area contributed by atoms with E-state index in [0.717, 1.165) is 32.7 Å². The molecule has 0 amide bonds. The molecule has 0 atom stereocenters.